The van der Waals surface area contributed by atoms with Crippen molar-refractivity contribution >= 4 is 29.1 Å². The summed E-state index contributed by atoms with van der Waals surface area (Å²) in [5.41, 5.74) is 8.35. The van der Waals surface area contributed by atoms with E-state index in [2.05, 4.69) is 15.6 Å². The van der Waals surface area contributed by atoms with Crippen LogP contribution in [-0.2, 0) is 16.2 Å². The van der Waals surface area contributed by atoms with Crippen LogP contribution in [-0.4, -0.2) is 25.6 Å². The average Bonchev–Trinajstić information content (AvgIpc) is 2.63. The summed E-state index contributed by atoms with van der Waals surface area (Å²) in [6, 6.07) is 5.05. The van der Waals surface area contributed by atoms with Crippen molar-refractivity contribution in [2.24, 2.45) is 5.73 Å². The summed E-state index contributed by atoms with van der Waals surface area (Å²) >= 11 is 11.5. The van der Waals surface area contributed by atoms with Crippen LogP contribution in [0, 0.1) is 0 Å². The van der Waals surface area contributed by atoms with Gasteiger partial charge in [-0.15, -0.1) is 0 Å². The Balaban J connectivity index is 0.000000199. The molecular weight excluding hydrogens is 277 g/mol. The number of carbonyl (C=O) groups excluding carboxylic acids is 1. The van der Waals surface area contributed by atoms with Crippen LogP contribution >= 0.6 is 23.2 Å². The molecule has 5 nitrogen and oxygen atoms in total. The molecule has 2 rings (SSSR count). The highest BCUT2D eigenvalue weighted by molar-refractivity contribution is 6.34. The first-order valence-electron chi connectivity index (χ1n) is 5.29. The van der Waals surface area contributed by atoms with E-state index in [0.29, 0.717) is 16.7 Å². The Bertz CT molecular complexity index is 395. The Morgan fingerprint density at radius 1 is 1.44 bits per heavy atom. The lowest BCUT2D eigenvalue weighted by atomic mass is 10.2. The molecule has 0 unspecified atom stereocenters. The molecule has 1 amide bonds. The highest BCUT2D eigenvalue weighted by atomic mass is 35.5. The molecule has 18 heavy (non-hydrogen) atoms. The van der Waals surface area contributed by atoms with Crippen LogP contribution in [0.3, 0.4) is 0 Å². The molecule has 100 valence electrons. The fraction of sp³-hybridized carbons (Fsp3) is 0.364. The summed E-state index contributed by atoms with van der Waals surface area (Å²) in [4.78, 5) is 14.7. The van der Waals surface area contributed by atoms with E-state index in [-0.39, 0.29) is 5.91 Å². The maximum atomic E-state index is 10.2. The van der Waals surface area contributed by atoms with Crippen LogP contribution in [0.15, 0.2) is 18.2 Å². The summed E-state index contributed by atoms with van der Waals surface area (Å²) in [5.74, 6) is -0.236. The first kappa shape index (κ1) is 15.2. The van der Waals surface area contributed by atoms with Crippen molar-refractivity contribution in [1.82, 2.24) is 10.8 Å². The number of amides is 1. The lowest BCUT2D eigenvalue weighted by Gasteiger charge is -2.00. The molecule has 4 N–H and O–H groups in total. The molecule has 1 heterocycles. The molecule has 0 bridgehead atoms. The van der Waals surface area contributed by atoms with Gasteiger partial charge in [-0.25, -0.2) is 5.48 Å². The molecule has 1 atom stereocenters. The number of halogens is 2. The number of carbonyl (C=O) groups is 1. The third-order valence-electron chi connectivity index (χ3n) is 2.08. The van der Waals surface area contributed by atoms with E-state index in [0.717, 1.165) is 12.1 Å². The molecule has 7 heteroatoms. The summed E-state index contributed by atoms with van der Waals surface area (Å²) in [7, 11) is 1.88. The highest BCUT2D eigenvalue weighted by Crippen LogP contribution is 2.18. The monoisotopic (exact) mass is 291 g/mol. The molecule has 1 aliphatic rings. The van der Waals surface area contributed by atoms with Crippen molar-refractivity contribution in [2.75, 3.05) is 13.7 Å². The maximum absolute atomic E-state index is 10.2. The van der Waals surface area contributed by atoms with Crippen molar-refractivity contribution in [1.29, 1.82) is 0 Å². The molecule has 1 aliphatic heterocycles. The minimum absolute atomic E-state index is 0.236. The SMILES string of the molecule is CNCc1cc(Cl)cc(Cl)c1.N[C@@H]1CONC1=O. The smallest absolute Gasteiger partial charge is 0.262 e. The normalized spacial score (nSPS) is 18.0. The van der Waals surface area contributed by atoms with Crippen LogP contribution in [0.4, 0.5) is 0 Å². The summed E-state index contributed by atoms with van der Waals surface area (Å²) in [6.07, 6.45) is 0. The van der Waals surface area contributed by atoms with Crippen molar-refractivity contribution in [3.8, 4) is 0 Å². The van der Waals surface area contributed by atoms with Crippen LogP contribution in [0.5, 0.6) is 0 Å². The fourth-order valence-electron chi connectivity index (χ4n) is 1.27. The number of benzene rings is 1. The molecule has 1 saturated heterocycles. The Kier molecular flexibility index (Phi) is 6.38. The lowest BCUT2D eigenvalue weighted by Crippen LogP contribution is -2.31. The third kappa shape index (κ3) is 5.20. The van der Waals surface area contributed by atoms with Crippen molar-refractivity contribution < 1.29 is 9.63 Å². The quantitative estimate of drug-likeness (QED) is 0.762. The van der Waals surface area contributed by atoms with Gasteiger partial charge in [0.25, 0.3) is 5.91 Å². The van der Waals surface area contributed by atoms with Crippen LogP contribution < -0.4 is 16.5 Å². The van der Waals surface area contributed by atoms with E-state index in [1.165, 1.54) is 0 Å². The van der Waals surface area contributed by atoms with Crippen LogP contribution in [0.2, 0.25) is 10.0 Å². The van der Waals surface area contributed by atoms with Crippen molar-refractivity contribution in [3.63, 3.8) is 0 Å². The van der Waals surface area contributed by atoms with Gasteiger partial charge in [-0.1, -0.05) is 23.2 Å². The van der Waals surface area contributed by atoms with Crippen molar-refractivity contribution in [2.45, 2.75) is 12.6 Å². The fourth-order valence-corrected chi connectivity index (χ4v) is 1.84. The zero-order valence-electron chi connectivity index (χ0n) is 9.87. The topological polar surface area (TPSA) is 76.4 Å². The van der Waals surface area contributed by atoms with E-state index in [9.17, 15) is 4.79 Å². The molecule has 0 aliphatic carbocycles. The largest absolute Gasteiger partial charge is 0.318 e. The van der Waals surface area contributed by atoms with Crippen molar-refractivity contribution in [3.05, 3.63) is 33.8 Å². The zero-order valence-corrected chi connectivity index (χ0v) is 11.4. The Labute approximate surface area is 116 Å². The van der Waals surface area contributed by atoms with E-state index in [1.807, 2.05) is 19.2 Å². The zero-order chi connectivity index (χ0) is 13.5. The van der Waals surface area contributed by atoms with Gasteiger partial charge in [-0.05, 0) is 30.8 Å². The van der Waals surface area contributed by atoms with E-state index >= 15 is 0 Å². The third-order valence-corrected chi connectivity index (χ3v) is 2.51. The lowest BCUT2D eigenvalue weighted by molar-refractivity contribution is -0.124. The summed E-state index contributed by atoms with van der Waals surface area (Å²) < 4.78 is 0. The van der Waals surface area contributed by atoms with Gasteiger partial charge in [0.1, 0.15) is 6.04 Å². The molecule has 1 fully saturated rings. The molecule has 0 radical (unpaired) electrons. The van der Waals surface area contributed by atoms with E-state index < -0.39 is 6.04 Å². The standard InChI is InChI=1S/C8H9Cl2N.C3H6N2O2/c1-11-5-6-2-7(9)4-8(10)3-6;4-2-1-7-5-3(2)6/h2-4,11H,5H2,1H3;2H,1,4H2,(H,5,6)/t;2-/m.1/s1. The minimum atomic E-state index is -0.458. The van der Waals surface area contributed by atoms with Gasteiger partial charge in [-0.2, -0.15) is 0 Å². The second-order valence-electron chi connectivity index (χ2n) is 3.69. The minimum Gasteiger partial charge on any atom is -0.318 e. The maximum Gasteiger partial charge on any atom is 0.262 e. The first-order chi connectivity index (χ1) is 8.52. The molecule has 0 aromatic heterocycles. The molecule has 0 saturated carbocycles. The van der Waals surface area contributed by atoms with Crippen LogP contribution in [0.1, 0.15) is 5.56 Å². The number of nitrogens with two attached hydrogens (primary N) is 1. The van der Waals surface area contributed by atoms with Gasteiger partial charge >= 0.3 is 0 Å². The number of hydrogen-bond donors (Lipinski definition) is 3. The average molecular weight is 292 g/mol. The Morgan fingerprint density at radius 2 is 2.06 bits per heavy atom. The highest BCUT2D eigenvalue weighted by Gasteiger charge is 2.19. The second kappa shape index (κ2) is 7.56. The first-order valence-corrected chi connectivity index (χ1v) is 6.05. The summed E-state index contributed by atoms with van der Waals surface area (Å²) in [5, 5.41) is 4.39. The second-order valence-corrected chi connectivity index (χ2v) is 4.56. The molecule has 0 spiro atoms. The van der Waals surface area contributed by atoms with Crippen LogP contribution in [0.25, 0.3) is 0 Å². The number of nitrogens with one attached hydrogen (secondary N) is 2. The molecular formula is C11H15Cl2N3O2. The van der Waals surface area contributed by atoms with E-state index in [4.69, 9.17) is 28.9 Å². The predicted octanol–water partition coefficient (Wildman–Crippen LogP) is 1.09. The Hall–Kier alpha value is -0.850. The number of hydroxylamine groups is 1. The molecule has 1 aromatic carbocycles. The van der Waals surface area contributed by atoms with Gasteiger partial charge < -0.3 is 11.1 Å². The number of hydrogen-bond acceptors (Lipinski definition) is 4. The van der Waals surface area contributed by atoms with Gasteiger partial charge in [-0.3, -0.25) is 9.63 Å². The number of rotatable bonds is 2. The summed E-state index contributed by atoms with van der Waals surface area (Å²) in [6.45, 7) is 1.08. The Morgan fingerprint density at radius 3 is 2.39 bits per heavy atom. The van der Waals surface area contributed by atoms with Gasteiger partial charge in [0.15, 0.2) is 0 Å². The van der Waals surface area contributed by atoms with Gasteiger partial charge in [0.05, 0.1) is 6.61 Å². The van der Waals surface area contributed by atoms with E-state index in [1.54, 1.807) is 6.07 Å². The van der Waals surface area contributed by atoms with Gasteiger partial charge in [0.2, 0.25) is 0 Å². The predicted molar refractivity (Wildman–Crippen MR) is 71.3 cm³/mol. The molecule has 1 aromatic rings. The van der Waals surface area contributed by atoms with Gasteiger partial charge in [0, 0.05) is 16.6 Å².